The highest BCUT2D eigenvalue weighted by Gasteiger charge is 2.67. The summed E-state index contributed by atoms with van der Waals surface area (Å²) in [5.41, 5.74) is -0.628. The van der Waals surface area contributed by atoms with Crippen molar-refractivity contribution in [2.24, 2.45) is 11.3 Å². The highest BCUT2D eigenvalue weighted by atomic mass is 16.5. The molecule has 1 aliphatic heterocycles. The SMILES string of the molecule is [B]C([B])([B])C([B])([B])C([B])([B])C([B])([B])C1=CCC[C@@]2(C)CCC3C[C@]12OC3(C)C. The van der Waals surface area contributed by atoms with Gasteiger partial charge in [-0.25, -0.2) is 0 Å². The van der Waals surface area contributed by atoms with Crippen LogP contribution in [0.3, 0.4) is 0 Å². The minimum atomic E-state index is -2.18. The van der Waals surface area contributed by atoms with Crippen LogP contribution < -0.4 is 0 Å². The van der Waals surface area contributed by atoms with Crippen molar-refractivity contribution in [2.45, 2.75) is 84.8 Å². The molecule has 28 heavy (non-hydrogen) atoms. The second-order valence-corrected chi connectivity index (χ2v) is 10.2. The molecule has 2 bridgehead atoms. The minimum Gasteiger partial charge on any atom is -0.364 e. The van der Waals surface area contributed by atoms with Crippen molar-refractivity contribution in [3.8, 4) is 0 Å². The molecule has 1 spiro atoms. The van der Waals surface area contributed by atoms with Gasteiger partial charge in [-0.1, -0.05) is 23.8 Å². The van der Waals surface area contributed by atoms with Gasteiger partial charge in [-0.2, -0.15) is 0 Å². The Morgan fingerprint density at radius 1 is 0.893 bits per heavy atom. The van der Waals surface area contributed by atoms with Crippen LogP contribution in [-0.2, 0) is 4.74 Å². The number of hydrogen-bond acceptors (Lipinski definition) is 1. The third kappa shape index (κ3) is 2.74. The lowest BCUT2D eigenvalue weighted by Crippen LogP contribution is -2.58. The van der Waals surface area contributed by atoms with Gasteiger partial charge < -0.3 is 4.74 Å². The Kier molecular flexibility index (Phi) is 5.06. The van der Waals surface area contributed by atoms with Gasteiger partial charge in [0.05, 0.1) is 58.3 Å². The first kappa shape index (κ1) is 23.0. The molecule has 1 heterocycles. The summed E-state index contributed by atoms with van der Waals surface area (Å²) < 4.78 is 6.74. The first-order valence-electron chi connectivity index (χ1n) is 9.87. The van der Waals surface area contributed by atoms with Crippen LogP contribution in [0.5, 0.6) is 0 Å². The molecular weight excluding hydrogens is 330 g/mol. The summed E-state index contributed by atoms with van der Waals surface area (Å²) in [5, 5.41) is -8.32. The fourth-order valence-electron chi connectivity index (χ4n) is 5.62. The van der Waals surface area contributed by atoms with Gasteiger partial charge in [0.25, 0.3) is 0 Å². The minimum absolute atomic E-state index is 0.168. The molecule has 126 valence electrons. The zero-order chi connectivity index (χ0) is 21.6. The van der Waals surface area contributed by atoms with E-state index in [4.69, 9.17) is 75.4 Å². The molecule has 3 rings (SSSR count). The van der Waals surface area contributed by atoms with Gasteiger partial charge >= 0.3 is 0 Å². The normalized spacial score (nSPS) is 35.8. The molecule has 1 nitrogen and oxygen atoms in total. The monoisotopic (exact) mass is 352 g/mol. The third-order valence-corrected chi connectivity index (χ3v) is 7.98. The fraction of sp³-hybridized carbons (Fsp3) is 0.889. The van der Waals surface area contributed by atoms with Gasteiger partial charge in [-0.15, -0.1) is 15.5 Å². The van der Waals surface area contributed by atoms with E-state index in [1.54, 1.807) is 0 Å². The standard InChI is InChI=1S/C18H21B9O/c1-12(2)10-6-8-13(3)7-4-5-11(14(13,9-10)28-12)15(19,20)16(21,22)17(23,24)18(25,26)27/h5,10H,4,6-9H2,1-3H3/t10?,13-,14-/m0/s1. The van der Waals surface area contributed by atoms with Gasteiger partial charge in [0, 0.05) is 29.0 Å². The number of fused-ring (bicyclic) bond motifs is 1. The smallest absolute Gasteiger partial charge is 0.0946 e. The van der Waals surface area contributed by atoms with Gasteiger partial charge in [0.1, 0.15) is 0 Å². The summed E-state index contributed by atoms with van der Waals surface area (Å²) in [7, 11) is 55.7. The van der Waals surface area contributed by atoms with E-state index in [-0.39, 0.29) is 11.0 Å². The summed E-state index contributed by atoms with van der Waals surface area (Å²) in [4.78, 5) is 0. The van der Waals surface area contributed by atoms with Crippen LogP contribution in [0, 0.1) is 11.3 Å². The zero-order valence-corrected chi connectivity index (χ0v) is 17.3. The van der Waals surface area contributed by atoms with Crippen molar-refractivity contribution in [2.75, 3.05) is 0 Å². The van der Waals surface area contributed by atoms with Crippen molar-refractivity contribution in [3.63, 3.8) is 0 Å². The van der Waals surface area contributed by atoms with Crippen LogP contribution in [0.15, 0.2) is 11.6 Å². The van der Waals surface area contributed by atoms with Gasteiger partial charge in [0.2, 0.25) is 0 Å². The zero-order valence-electron chi connectivity index (χ0n) is 17.3. The molecule has 0 aromatic heterocycles. The van der Waals surface area contributed by atoms with E-state index in [9.17, 15) is 0 Å². The molecule has 0 aromatic rings. The molecule has 1 saturated heterocycles. The maximum absolute atomic E-state index is 6.74. The predicted octanol–water partition coefficient (Wildman–Crippen LogP) is 0.999. The number of rotatable bonds is 4. The van der Waals surface area contributed by atoms with E-state index in [1.165, 1.54) is 0 Å². The molecule has 3 atom stereocenters. The van der Waals surface area contributed by atoms with Crippen LogP contribution in [0.25, 0.3) is 0 Å². The van der Waals surface area contributed by atoms with Crippen LogP contribution in [0.4, 0.5) is 0 Å². The maximum Gasteiger partial charge on any atom is 0.0946 e. The lowest BCUT2D eigenvalue weighted by molar-refractivity contribution is -0.133. The Bertz CT molecular complexity index is 694. The summed E-state index contributed by atoms with van der Waals surface area (Å²) in [5.74, 6) is 0.362. The second kappa shape index (κ2) is 6.17. The van der Waals surface area contributed by atoms with Crippen LogP contribution >= 0.6 is 0 Å². The summed E-state index contributed by atoms with van der Waals surface area (Å²) in [6, 6.07) is 0. The van der Waals surface area contributed by atoms with Crippen molar-refractivity contribution in [1.29, 1.82) is 0 Å². The van der Waals surface area contributed by atoms with E-state index in [0.717, 1.165) is 32.1 Å². The lowest BCUT2D eigenvalue weighted by atomic mass is 9.07. The molecule has 18 radical (unpaired) electrons. The van der Waals surface area contributed by atoms with Crippen molar-refractivity contribution in [1.82, 2.24) is 0 Å². The fourth-order valence-corrected chi connectivity index (χ4v) is 5.62. The Morgan fingerprint density at radius 2 is 1.46 bits per heavy atom. The average molecular weight is 351 g/mol. The first-order chi connectivity index (χ1) is 12.4. The lowest BCUT2D eigenvalue weighted by Gasteiger charge is -2.66. The number of allylic oxidation sites excluding steroid dienone is 1. The summed E-state index contributed by atoms with van der Waals surface area (Å²) in [6.45, 7) is 6.40. The largest absolute Gasteiger partial charge is 0.364 e. The van der Waals surface area contributed by atoms with Crippen LogP contribution in [0.1, 0.15) is 52.9 Å². The summed E-state index contributed by atoms with van der Waals surface area (Å²) >= 11 is 0. The number of ether oxygens (including phenoxy) is 1. The first-order valence-corrected chi connectivity index (χ1v) is 9.87. The Balaban J connectivity index is 2.15. The van der Waals surface area contributed by atoms with E-state index >= 15 is 0 Å². The van der Waals surface area contributed by atoms with E-state index in [1.807, 2.05) is 6.08 Å². The molecule has 3 aliphatic rings. The highest BCUT2D eigenvalue weighted by molar-refractivity contribution is 6.72. The molecule has 2 aliphatic carbocycles. The third-order valence-electron chi connectivity index (χ3n) is 7.98. The van der Waals surface area contributed by atoms with Gasteiger partial charge in [-0.05, 0) is 51.9 Å². The van der Waals surface area contributed by atoms with Gasteiger partial charge in [-0.3, -0.25) is 0 Å². The highest BCUT2D eigenvalue weighted by Crippen LogP contribution is 2.73. The average Bonchev–Trinajstić information content (AvgIpc) is 2.74. The van der Waals surface area contributed by atoms with Crippen LogP contribution in [0.2, 0.25) is 20.8 Å². The molecule has 10 heteroatoms. The molecule has 1 unspecified atom stereocenters. The molecule has 0 amide bonds. The predicted molar refractivity (Wildman–Crippen MR) is 123 cm³/mol. The van der Waals surface area contributed by atoms with Crippen molar-refractivity contribution < 1.29 is 4.74 Å². The van der Waals surface area contributed by atoms with E-state index in [0.29, 0.717) is 11.5 Å². The van der Waals surface area contributed by atoms with Crippen LogP contribution in [-0.4, -0.2) is 81.8 Å². The van der Waals surface area contributed by atoms with Crippen molar-refractivity contribution in [3.05, 3.63) is 11.6 Å². The Hall–Kier alpha value is 0.284. The second-order valence-electron chi connectivity index (χ2n) is 10.2. The molecule has 2 fully saturated rings. The Morgan fingerprint density at radius 3 is 2.00 bits per heavy atom. The maximum atomic E-state index is 6.74. The summed E-state index contributed by atoms with van der Waals surface area (Å²) in [6.07, 6.45) is 6.50. The van der Waals surface area contributed by atoms with E-state index in [2.05, 4.69) is 20.8 Å². The molecule has 0 N–H and O–H groups in total. The molecule has 1 saturated carbocycles. The van der Waals surface area contributed by atoms with E-state index < -0.39 is 26.4 Å². The molecule has 0 aromatic carbocycles. The quantitative estimate of drug-likeness (QED) is 0.543. The topological polar surface area (TPSA) is 9.23 Å². The molecular formula is C18H21B9O. The van der Waals surface area contributed by atoms with Crippen molar-refractivity contribution >= 4 is 70.6 Å². The van der Waals surface area contributed by atoms with Gasteiger partial charge in [0.15, 0.2) is 0 Å². The Labute approximate surface area is 183 Å². The number of hydrogen-bond donors (Lipinski definition) is 0.